The van der Waals surface area contributed by atoms with Crippen LogP contribution in [0.3, 0.4) is 0 Å². The number of fused-ring (bicyclic) bond motifs is 3. The molecule has 0 spiro atoms. The average Bonchev–Trinajstić information content (AvgIpc) is 2.81. The van der Waals surface area contributed by atoms with Crippen molar-refractivity contribution in [1.82, 2.24) is 4.90 Å². The van der Waals surface area contributed by atoms with Gasteiger partial charge in [0, 0.05) is 48.8 Å². The summed E-state index contributed by atoms with van der Waals surface area (Å²) in [5.74, 6) is -7.30. The fraction of sp³-hybridized carbons (Fsp3) is 0.519. The number of benzene rings is 1. The van der Waals surface area contributed by atoms with E-state index in [2.05, 4.69) is 5.32 Å². The zero-order chi connectivity index (χ0) is 29.2. The first kappa shape index (κ1) is 31.0. The molecule has 0 saturated heterocycles. The van der Waals surface area contributed by atoms with Crippen LogP contribution in [0, 0.1) is 11.8 Å². The molecule has 3 aliphatic rings. The molecular formula is C27H34F3N3O7. The lowest BCUT2D eigenvalue weighted by atomic mass is 9.59. The molecule has 1 aromatic rings. The minimum Gasteiger partial charge on any atom is -0.508 e. The summed E-state index contributed by atoms with van der Waals surface area (Å²) in [6.07, 6.45) is -5.79. The Bertz CT molecular complexity index is 1340. The number of aliphatic hydroxyl groups is 3. The number of hydrogen-bond acceptors (Lipinski definition) is 9. The highest BCUT2D eigenvalue weighted by Gasteiger charge is 2.60. The number of primary amides is 1. The van der Waals surface area contributed by atoms with E-state index in [9.17, 15) is 48.0 Å². The molecule has 1 amide bonds. The number of phenols is 1. The smallest absolute Gasteiger partial charge is 0.390 e. The van der Waals surface area contributed by atoms with E-state index in [-0.39, 0.29) is 43.5 Å². The number of nitrogens with one attached hydrogen (secondary N) is 1. The van der Waals surface area contributed by atoms with Crippen molar-refractivity contribution in [2.75, 3.05) is 19.4 Å². The van der Waals surface area contributed by atoms with Crippen molar-refractivity contribution in [3.05, 3.63) is 39.7 Å². The normalized spacial score (nSPS) is 25.2. The Kier molecular flexibility index (Phi) is 8.07. The summed E-state index contributed by atoms with van der Waals surface area (Å²) in [6.45, 7) is 1.27. The van der Waals surface area contributed by atoms with Gasteiger partial charge in [0.1, 0.15) is 22.8 Å². The molecule has 0 aromatic heterocycles. The van der Waals surface area contributed by atoms with E-state index in [1.165, 1.54) is 18.9 Å². The number of anilines is 1. The molecule has 4 rings (SSSR count). The Morgan fingerprint density at radius 1 is 1.25 bits per heavy atom. The quantitative estimate of drug-likeness (QED) is 0.222. The first-order valence-corrected chi connectivity index (χ1v) is 12.3. The summed E-state index contributed by atoms with van der Waals surface area (Å²) in [5, 5.41) is 47.4. The van der Waals surface area contributed by atoms with Gasteiger partial charge in [-0.1, -0.05) is 7.43 Å². The molecule has 4 atom stereocenters. The summed E-state index contributed by atoms with van der Waals surface area (Å²) in [6, 6.07) is 0.631. The predicted octanol–water partition coefficient (Wildman–Crippen LogP) is 2.87. The van der Waals surface area contributed by atoms with Crippen molar-refractivity contribution in [3.8, 4) is 5.75 Å². The number of aromatic hydroxyl groups is 1. The van der Waals surface area contributed by atoms with E-state index in [0.717, 1.165) is 0 Å². The number of aliphatic hydroxyl groups excluding tert-OH is 2. The van der Waals surface area contributed by atoms with Gasteiger partial charge < -0.3 is 31.5 Å². The van der Waals surface area contributed by atoms with Gasteiger partial charge in [0.2, 0.25) is 5.78 Å². The minimum atomic E-state index is -4.39. The Balaban J connectivity index is 0.00000441. The Hall–Kier alpha value is -3.58. The molecule has 3 aliphatic carbocycles. The maximum absolute atomic E-state index is 13.6. The van der Waals surface area contributed by atoms with E-state index in [1.807, 2.05) is 0 Å². The second-order valence-electron chi connectivity index (χ2n) is 10.5. The van der Waals surface area contributed by atoms with E-state index in [4.69, 9.17) is 5.73 Å². The van der Waals surface area contributed by atoms with Gasteiger partial charge in [-0.15, -0.1) is 0 Å². The fourth-order valence-corrected chi connectivity index (χ4v) is 6.00. The number of nitrogens with two attached hydrogens (primary N) is 1. The molecule has 13 heteroatoms. The summed E-state index contributed by atoms with van der Waals surface area (Å²) in [7, 11) is 3.04. The van der Waals surface area contributed by atoms with Crippen molar-refractivity contribution >= 4 is 28.9 Å². The van der Waals surface area contributed by atoms with Gasteiger partial charge >= 0.3 is 6.18 Å². The number of alkyl halides is 3. The number of phenolic OH excluding ortho intramolecular Hbond substituents is 1. The zero-order valence-electron chi connectivity index (χ0n) is 21.5. The van der Waals surface area contributed by atoms with E-state index in [1.54, 1.807) is 13.1 Å². The molecule has 7 N–H and O–H groups in total. The van der Waals surface area contributed by atoms with Crippen molar-refractivity contribution in [1.29, 1.82) is 0 Å². The van der Waals surface area contributed by atoms with Crippen LogP contribution in [-0.4, -0.2) is 74.7 Å². The third kappa shape index (κ3) is 4.81. The van der Waals surface area contributed by atoms with Crippen LogP contribution in [-0.2, 0) is 27.3 Å². The van der Waals surface area contributed by atoms with Crippen molar-refractivity contribution < 1.29 is 48.0 Å². The maximum atomic E-state index is 13.6. The minimum absolute atomic E-state index is 0. The van der Waals surface area contributed by atoms with E-state index in [0.29, 0.717) is 11.3 Å². The molecule has 40 heavy (non-hydrogen) atoms. The second-order valence-corrected chi connectivity index (χ2v) is 10.5. The highest BCUT2D eigenvalue weighted by molar-refractivity contribution is 6.22. The molecule has 0 heterocycles. The molecule has 1 fully saturated rings. The number of Topliss-reactive ketones (excluding diaryl/α,β-unsaturated/α-hetero) is 2. The molecule has 0 bridgehead atoms. The van der Waals surface area contributed by atoms with Gasteiger partial charge in [-0.25, -0.2) is 0 Å². The van der Waals surface area contributed by atoms with Gasteiger partial charge in [-0.2, -0.15) is 13.2 Å². The van der Waals surface area contributed by atoms with Crippen molar-refractivity contribution in [3.63, 3.8) is 0 Å². The molecule has 0 aliphatic heterocycles. The number of carbonyl (C=O) groups is 3. The van der Waals surface area contributed by atoms with Crippen LogP contribution in [0.2, 0.25) is 0 Å². The lowest BCUT2D eigenvalue weighted by Gasteiger charge is -2.46. The van der Waals surface area contributed by atoms with Crippen molar-refractivity contribution in [2.24, 2.45) is 17.6 Å². The van der Waals surface area contributed by atoms with Crippen molar-refractivity contribution in [2.45, 2.75) is 64.4 Å². The number of halogens is 3. The largest absolute Gasteiger partial charge is 0.508 e. The van der Waals surface area contributed by atoms with Crippen LogP contribution in [0.1, 0.15) is 50.3 Å². The third-order valence-electron chi connectivity index (χ3n) is 8.11. The molecule has 10 nitrogen and oxygen atoms in total. The lowest BCUT2D eigenvalue weighted by molar-refractivity contribution is -0.148. The Labute approximate surface area is 229 Å². The van der Waals surface area contributed by atoms with Gasteiger partial charge in [0.05, 0.1) is 12.0 Å². The standard InChI is InChI=1S/C26H30F3N3O7.CH4/c1-10(8-25(27,28)29)32(3)9-12-6-15(31-2)14-5-11-4-13-7-16(33)19(24(30)38)23(37)26(13,39)22(36)17(11)21(35)18(14)20(12)34;/h6,10-11,13,31,34-35,37,39H,4-5,7-9H2,1-3H3,(H2,30,38);1H4/t10?,11-,13+,26+;/m1./s1. The molecule has 0 radical (unpaired) electrons. The number of amides is 1. The highest BCUT2D eigenvalue weighted by Crippen LogP contribution is 2.53. The van der Waals surface area contributed by atoms with E-state index >= 15 is 0 Å². The molecule has 1 aromatic carbocycles. The van der Waals surface area contributed by atoms with Gasteiger partial charge in [0.15, 0.2) is 11.4 Å². The fourth-order valence-electron chi connectivity index (χ4n) is 6.00. The summed E-state index contributed by atoms with van der Waals surface area (Å²) < 4.78 is 38.7. The topological polar surface area (TPSA) is 173 Å². The molecule has 220 valence electrons. The molecule has 1 saturated carbocycles. The SMILES string of the molecule is C.CNc1cc(CN(C)C(C)CC(F)(F)F)c(O)c2c1C[C@H]1C[C@H]3CC(=O)C(C(N)=O)=C(O)[C@@]3(O)C(=O)C1=C2O. The Morgan fingerprint density at radius 2 is 1.88 bits per heavy atom. The number of ketones is 2. The lowest BCUT2D eigenvalue weighted by Crippen LogP contribution is -2.58. The van der Waals surface area contributed by atoms with Crippen LogP contribution in [0.15, 0.2) is 23.0 Å². The second kappa shape index (κ2) is 10.4. The zero-order valence-corrected chi connectivity index (χ0v) is 21.5. The van der Waals surface area contributed by atoms with Crippen LogP contribution in [0.4, 0.5) is 18.9 Å². The maximum Gasteiger partial charge on any atom is 0.390 e. The molecular weight excluding hydrogens is 535 g/mol. The summed E-state index contributed by atoms with van der Waals surface area (Å²) in [4.78, 5) is 39.2. The van der Waals surface area contributed by atoms with Gasteiger partial charge in [0.25, 0.3) is 5.91 Å². The first-order chi connectivity index (χ1) is 18.0. The summed E-state index contributed by atoms with van der Waals surface area (Å²) >= 11 is 0. The number of rotatable bonds is 6. The van der Waals surface area contributed by atoms with E-state index < -0.39 is 82.8 Å². The van der Waals surface area contributed by atoms with Crippen LogP contribution in [0.5, 0.6) is 5.75 Å². The monoisotopic (exact) mass is 569 g/mol. The van der Waals surface area contributed by atoms with Crippen LogP contribution < -0.4 is 11.1 Å². The third-order valence-corrected chi connectivity index (χ3v) is 8.11. The molecule has 1 unspecified atom stereocenters. The first-order valence-electron chi connectivity index (χ1n) is 12.3. The highest BCUT2D eigenvalue weighted by atomic mass is 19.4. The van der Waals surface area contributed by atoms with Gasteiger partial charge in [-0.05, 0) is 44.4 Å². The Morgan fingerprint density at radius 3 is 2.42 bits per heavy atom. The van der Waals surface area contributed by atoms with Gasteiger partial charge in [-0.3, -0.25) is 19.3 Å². The van der Waals surface area contributed by atoms with Crippen LogP contribution >= 0.6 is 0 Å². The number of carbonyl (C=O) groups excluding carboxylic acids is 3. The predicted molar refractivity (Wildman–Crippen MR) is 139 cm³/mol. The number of hydrogen-bond donors (Lipinski definition) is 6. The average molecular weight is 570 g/mol. The van der Waals surface area contributed by atoms with Crippen LogP contribution in [0.25, 0.3) is 5.76 Å². The summed E-state index contributed by atoms with van der Waals surface area (Å²) in [5.41, 5.74) is 2.30. The number of nitrogens with zero attached hydrogens (tertiary/aromatic N) is 1.